The number of alkyl halides is 1. The number of hydrogen-bond acceptors (Lipinski definition) is 3. The number of halogens is 1. The van der Waals surface area contributed by atoms with Gasteiger partial charge >= 0.3 is 0 Å². The van der Waals surface area contributed by atoms with Crippen molar-refractivity contribution in [3.05, 3.63) is 12.0 Å². The molecule has 5 nitrogen and oxygen atoms in total. The summed E-state index contributed by atoms with van der Waals surface area (Å²) in [6, 6.07) is 0. The lowest BCUT2D eigenvalue weighted by atomic mass is 10.5. The van der Waals surface area contributed by atoms with E-state index in [0.29, 0.717) is 12.4 Å². The summed E-state index contributed by atoms with van der Waals surface area (Å²) in [5, 5.41) is 0.901. The molecule has 0 unspecified atom stereocenters. The monoisotopic (exact) mass is 309 g/mol. The first-order valence-corrected chi connectivity index (χ1v) is 7.48. The predicted molar refractivity (Wildman–Crippen MR) is 66.2 cm³/mol. The Hall–Kier alpha value is -0.400. The molecule has 0 aliphatic rings. The first-order valence-electron chi connectivity index (χ1n) is 4.92. The highest BCUT2D eigenvalue weighted by Gasteiger charge is 2.23. The van der Waals surface area contributed by atoms with E-state index in [1.54, 1.807) is 25.6 Å². The van der Waals surface area contributed by atoms with Crippen LogP contribution >= 0.6 is 15.9 Å². The first kappa shape index (κ1) is 13.7. The third kappa shape index (κ3) is 2.83. The Kier molecular flexibility index (Phi) is 4.52. The molecule has 0 bridgehead atoms. The van der Waals surface area contributed by atoms with Crippen LogP contribution in [0.25, 0.3) is 0 Å². The Balaban J connectivity index is 2.93. The number of imidazole rings is 1. The molecule has 0 aromatic carbocycles. The van der Waals surface area contributed by atoms with Crippen LogP contribution in [0.2, 0.25) is 0 Å². The predicted octanol–water partition coefficient (Wildman–Crippen LogP) is 1.13. The standard InChI is InChI=1S/C9H16BrN3O2S/c1-8-11-9(7-12(8)2)16(14,15)13(3)6-4-5-10/h7H,4-6H2,1-3H3. The Morgan fingerprint density at radius 2 is 2.19 bits per heavy atom. The average molecular weight is 310 g/mol. The van der Waals surface area contributed by atoms with Crippen molar-refractivity contribution >= 4 is 26.0 Å². The average Bonchev–Trinajstić information content (AvgIpc) is 2.56. The van der Waals surface area contributed by atoms with Crippen LogP contribution in [0.3, 0.4) is 0 Å². The third-order valence-corrected chi connectivity index (χ3v) is 4.66. The van der Waals surface area contributed by atoms with E-state index >= 15 is 0 Å². The molecule has 0 atom stereocenters. The molecule has 0 saturated heterocycles. The van der Waals surface area contributed by atoms with Crippen molar-refractivity contribution in [2.75, 3.05) is 18.9 Å². The van der Waals surface area contributed by atoms with Crippen LogP contribution in [-0.2, 0) is 17.1 Å². The van der Waals surface area contributed by atoms with Crippen molar-refractivity contribution in [2.45, 2.75) is 18.4 Å². The molecule has 16 heavy (non-hydrogen) atoms. The second-order valence-corrected chi connectivity index (χ2v) is 6.39. The maximum Gasteiger partial charge on any atom is 0.261 e. The Bertz CT molecular complexity index is 436. The van der Waals surface area contributed by atoms with Crippen molar-refractivity contribution in [2.24, 2.45) is 7.05 Å². The second kappa shape index (κ2) is 5.29. The molecule has 0 amide bonds. The molecular weight excluding hydrogens is 294 g/mol. The van der Waals surface area contributed by atoms with Gasteiger partial charge in [-0.25, -0.2) is 13.4 Å². The van der Waals surface area contributed by atoms with E-state index in [4.69, 9.17) is 0 Å². The molecule has 0 spiro atoms. The van der Waals surface area contributed by atoms with Crippen LogP contribution in [-0.4, -0.2) is 41.2 Å². The topological polar surface area (TPSA) is 55.2 Å². The van der Waals surface area contributed by atoms with Crippen molar-refractivity contribution in [1.29, 1.82) is 0 Å². The van der Waals surface area contributed by atoms with Gasteiger partial charge in [0.1, 0.15) is 5.82 Å². The van der Waals surface area contributed by atoms with E-state index in [2.05, 4.69) is 20.9 Å². The van der Waals surface area contributed by atoms with Crippen LogP contribution in [0.1, 0.15) is 12.2 Å². The Morgan fingerprint density at radius 1 is 1.56 bits per heavy atom. The van der Waals surface area contributed by atoms with E-state index in [1.165, 1.54) is 10.5 Å². The molecule has 92 valence electrons. The van der Waals surface area contributed by atoms with Gasteiger partial charge in [0, 0.05) is 32.2 Å². The van der Waals surface area contributed by atoms with Gasteiger partial charge in [0.15, 0.2) is 5.03 Å². The molecule has 0 aliphatic heterocycles. The third-order valence-electron chi connectivity index (χ3n) is 2.37. The second-order valence-electron chi connectivity index (χ2n) is 3.61. The molecule has 0 fully saturated rings. The van der Waals surface area contributed by atoms with Gasteiger partial charge in [-0.1, -0.05) is 15.9 Å². The molecule has 0 N–H and O–H groups in total. The van der Waals surface area contributed by atoms with Gasteiger partial charge in [-0.15, -0.1) is 0 Å². The summed E-state index contributed by atoms with van der Waals surface area (Å²) in [6.07, 6.45) is 2.32. The summed E-state index contributed by atoms with van der Waals surface area (Å²) >= 11 is 3.28. The summed E-state index contributed by atoms with van der Waals surface area (Å²) in [7, 11) is -0.0833. The minimum atomic E-state index is -3.43. The zero-order chi connectivity index (χ0) is 12.3. The van der Waals surface area contributed by atoms with Crippen LogP contribution in [0.4, 0.5) is 0 Å². The molecular formula is C9H16BrN3O2S. The smallest absolute Gasteiger partial charge is 0.261 e. The molecule has 1 heterocycles. The van der Waals surface area contributed by atoms with Gasteiger partial charge in [0.2, 0.25) is 0 Å². The van der Waals surface area contributed by atoms with Crippen LogP contribution in [0, 0.1) is 6.92 Å². The highest BCUT2D eigenvalue weighted by atomic mass is 79.9. The van der Waals surface area contributed by atoms with Gasteiger partial charge in [-0.2, -0.15) is 4.31 Å². The van der Waals surface area contributed by atoms with E-state index in [1.807, 2.05) is 0 Å². The molecule has 1 rings (SSSR count). The normalized spacial score (nSPS) is 12.3. The van der Waals surface area contributed by atoms with Crippen LogP contribution in [0.15, 0.2) is 11.2 Å². The maximum atomic E-state index is 12.0. The lowest BCUT2D eigenvalue weighted by molar-refractivity contribution is 0.467. The molecule has 1 aromatic heterocycles. The quantitative estimate of drug-likeness (QED) is 0.766. The van der Waals surface area contributed by atoms with E-state index < -0.39 is 10.0 Å². The number of rotatable bonds is 5. The van der Waals surface area contributed by atoms with Crippen molar-refractivity contribution in [3.63, 3.8) is 0 Å². The molecule has 7 heteroatoms. The van der Waals surface area contributed by atoms with Crippen molar-refractivity contribution in [1.82, 2.24) is 13.9 Å². The molecule has 0 saturated carbocycles. The van der Waals surface area contributed by atoms with Gasteiger partial charge in [-0.3, -0.25) is 0 Å². The molecule has 1 aromatic rings. The summed E-state index contributed by atoms with van der Waals surface area (Å²) in [5.74, 6) is 0.687. The Morgan fingerprint density at radius 3 is 2.62 bits per heavy atom. The van der Waals surface area contributed by atoms with Crippen molar-refractivity contribution in [3.8, 4) is 0 Å². The van der Waals surface area contributed by atoms with E-state index in [0.717, 1.165) is 11.8 Å². The summed E-state index contributed by atoms with van der Waals surface area (Å²) in [6.45, 7) is 2.26. The van der Waals surface area contributed by atoms with E-state index in [-0.39, 0.29) is 5.03 Å². The fourth-order valence-corrected chi connectivity index (χ4v) is 2.69. The van der Waals surface area contributed by atoms with E-state index in [9.17, 15) is 8.42 Å². The Labute approximate surface area is 105 Å². The minimum Gasteiger partial charge on any atom is -0.337 e. The zero-order valence-corrected chi connectivity index (χ0v) is 12.0. The SMILES string of the molecule is Cc1nc(S(=O)(=O)N(C)CCCBr)cn1C. The van der Waals surface area contributed by atoms with Crippen LogP contribution < -0.4 is 0 Å². The van der Waals surface area contributed by atoms with Crippen molar-refractivity contribution < 1.29 is 8.42 Å². The minimum absolute atomic E-state index is 0.115. The van der Waals surface area contributed by atoms with Crippen LogP contribution in [0.5, 0.6) is 0 Å². The molecule has 0 radical (unpaired) electrons. The largest absolute Gasteiger partial charge is 0.337 e. The first-order chi connectivity index (χ1) is 7.39. The lowest BCUT2D eigenvalue weighted by Gasteiger charge is -2.14. The van der Waals surface area contributed by atoms with Gasteiger partial charge < -0.3 is 4.57 Å². The van der Waals surface area contributed by atoms with Gasteiger partial charge in [0.05, 0.1) is 0 Å². The van der Waals surface area contributed by atoms with Gasteiger partial charge in [-0.05, 0) is 13.3 Å². The highest BCUT2D eigenvalue weighted by Crippen LogP contribution is 2.13. The number of nitrogens with zero attached hydrogens (tertiary/aromatic N) is 3. The number of aromatic nitrogens is 2. The number of sulfonamides is 1. The number of hydrogen-bond donors (Lipinski definition) is 0. The summed E-state index contributed by atoms with van der Waals surface area (Å²) in [5.41, 5.74) is 0. The highest BCUT2D eigenvalue weighted by molar-refractivity contribution is 9.09. The van der Waals surface area contributed by atoms with Gasteiger partial charge in [0.25, 0.3) is 10.0 Å². The number of aryl methyl sites for hydroxylation is 2. The fraction of sp³-hybridized carbons (Fsp3) is 0.667. The fourth-order valence-electron chi connectivity index (χ4n) is 1.21. The molecule has 0 aliphatic carbocycles. The maximum absolute atomic E-state index is 12.0. The summed E-state index contributed by atoms with van der Waals surface area (Å²) in [4.78, 5) is 4.03. The lowest BCUT2D eigenvalue weighted by Crippen LogP contribution is -2.28. The summed E-state index contributed by atoms with van der Waals surface area (Å²) < 4.78 is 27.1. The zero-order valence-electron chi connectivity index (χ0n) is 9.64.